The summed E-state index contributed by atoms with van der Waals surface area (Å²) in [6.07, 6.45) is 11.5. The Morgan fingerprint density at radius 3 is 2.74 bits per heavy atom. The third kappa shape index (κ3) is 4.35. The number of carbonyl (C=O) groups excluding carboxylic acids is 1. The molecule has 2 fully saturated rings. The SMILES string of the molecule is NC1CCC(n2cc(C(=O)NCc3nc(C4CCCCC4)no3)nn2)CC1. The molecule has 9 nitrogen and oxygen atoms in total. The van der Waals surface area contributed by atoms with Crippen LogP contribution in [0.15, 0.2) is 10.7 Å². The van der Waals surface area contributed by atoms with Crippen LogP contribution < -0.4 is 11.1 Å². The third-order valence-electron chi connectivity index (χ3n) is 5.71. The lowest BCUT2D eigenvalue weighted by Crippen LogP contribution is -2.28. The second-order valence-corrected chi connectivity index (χ2v) is 7.72. The molecule has 2 aromatic heterocycles. The predicted molar refractivity (Wildman–Crippen MR) is 96.8 cm³/mol. The zero-order valence-electron chi connectivity index (χ0n) is 15.5. The Morgan fingerprint density at radius 2 is 1.96 bits per heavy atom. The monoisotopic (exact) mass is 373 g/mol. The standard InChI is InChI=1S/C18H27N7O2/c19-13-6-8-14(9-7-13)25-11-15(22-24-25)18(26)20-10-16-21-17(23-27-16)12-4-2-1-3-5-12/h11-14H,1-10,19H2,(H,20,26). The Hall–Kier alpha value is -2.29. The number of hydrogen-bond acceptors (Lipinski definition) is 7. The fraction of sp³-hybridized carbons (Fsp3) is 0.722. The fourth-order valence-corrected chi connectivity index (χ4v) is 4.04. The van der Waals surface area contributed by atoms with Crippen LogP contribution in [-0.4, -0.2) is 37.1 Å². The van der Waals surface area contributed by atoms with Gasteiger partial charge in [0, 0.05) is 12.0 Å². The number of hydrogen-bond donors (Lipinski definition) is 2. The van der Waals surface area contributed by atoms with Gasteiger partial charge in [0.25, 0.3) is 5.91 Å². The van der Waals surface area contributed by atoms with Crippen LogP contribution in [0.2, 0.25) is 0 Å². The molecule has 2 heterocycles. The fourth-order valence-electron chi connectivity index (χ4n) is 4.04. The first-order valence-electron chi connectivity index (χ1n) is 9.97. The molecule has 3 N–H and O–H groups in total. The Bertz CT molecular complexity index is 757. The van der Waals surface area contributed by atoms with Crippen molar-refractivity contribution in [3.8, 4) is 0 Å². The first kappa shape index (κ1) is 18.1. The zero-order valence-corrected chi connectivity index (χ0v) is 15.5. The minimum absolute atomic E-state index is 0.198. The Labute approximate surface area is 158 Å². The quantitative estimate of drug-likeness (QED) is 0.822. The number of aromatic nitrogens is 5. The largest absolute Gasteiger partial charge is 0.342 e. The van der Waals surface area contributed by atoms with Gasteiger partial charge in [-0.1, -0.05) is 29.6 Å². The van der Waals surface area contributed by atoms with E-state index in [4.69, 9.17) is 10.3 Å². The number of nitrogens with one attached hydrogen (secondary N) is 1. The predicted octanol–water partition coefficient (Wildman–Crippen LogP) is 2.08. The van der Waals surface area contributed by atoms with Crippen molar-refractivity contribution < 1.29 is 9.32 Å². The third-order valence-corrected chi connectivity index (χ3v) is 5.71. The summed E-state index contributed by atoms with van der Waals surface area (Å²) in [6.45, 7) is 0.198. The normalized spacial score (nSPS) is 24.0. The Kier molecular flexibility index (Phi) is 5.47. The molecule has 9 heteroatoms. The highest BCUT2D eigenvalue weighted by atomic mass is 16.5. The second kappa shape index (κ2) is 8.16. The van der Waals surface area contributed by atoms with Crippen molar-refractivity contribution in [2.75, 3.05) is 0 Å². The van der Waals surface area contributed by atoms with Crippen LogP contribution in [0.1, 0.15) is 92.0 Å². The molecular formula is C18H27N7O2. The minimum Gasteiger partial charge on any atom is -0.342 e. The van der Waals surface area contributed by atoms with Crippen LogP contribution in [0.25, 0.3) is 0 Å². The zero-order chi connectivity index (χ0) is 18.6. The molecule has 0 spiro atoms. The molecule has 0 atom stereocenters. The van der Waals surface area contributed by atoms with E-state index in [1.54, 1.807) is 10.9 Å². The molecule has 27 heavy (non-hydrogen) atoms. The number of carbonyl (C=O) groups is 1. The van der Waals surface area contributed by atoms with Crippen molar-refractivity contribution in [1.29, 1.82) is 0 Å². The number of nitrogens with two attached hydrogens (primary N) is 1. The average molecular weight is 373 g/mol. The molecule has 0 aliphatic heterocycles. The summed E-state index contributed by atoms with van der Waals surface area (Å²) < 4.78 is 7.07. The molecular weight excluding hydrogens is 346 g/mol. The molecule has 0 unspecified atom stereocenters. The van der Waals surface area contributed by atoms with Crippen LogP contribution in [0.3, 0.4) is 0 Å². The van der Waals surface area contributed by atoms with E-state index in [0.29, 0.717) is 17.5 Å². The van der Waals surface area contributed by atoms with Gasteiger partial charge in [-0.2, -0.15) is 4.98 Å². The van der Waals surface area contributed by atoms with Crippen molar-refractivity contribution in [3.05, 3.63) is 23.6 Å². The van der Waals surface area contributed by atoms with Gasteiger partial charge in [-0.3, -0.25) is 4.79 Å². The molecule has 0 saturated heterocycles. The van der Waals surface area contributed by atoms with Crippen molar-refractivity contribution in [2.24, 2.45) is 5.73 Å². The van der Waals surface area contributed by atoms with E-state index in [0.717, 1.165) is 44.3 Å². The molecule has 1 amide bonds. The highest BCUT2D eigenvalue weighted by Gasteiger charge is 2.23. The highest BCUT2D eigenvalue weighted by molar-refractivity contribution is 5.91. The summed E-state index contributed by atoms with van der Waals surface area (Å²) >= 11 is 0. The van der Waals surface area contributed by atoms with E-state index in [1.165, 1.54) is 19.3 Å². The van der Waals surface area contributed by atoms with Crippen LogP contribution >= 0.6 is 0 Å². The van der Waals surface area contributed by atoms with Crippen LogP contribution in [0.5, 0.6) is 0 Å². The number of rotatable bonds is 5. The van der Waals surface area contributed by atoms with Crippen molar-refractivity contribution in [1.82, 2.24) is 30.5 Å². The summed E-state index contributed by atoms with van der Waals surface area (Å²) in [5.74, 6) is 1.29. The summed E-state index contributed by atoms with van der Waals surface area (Å²) in [5, 5.41) is 15.0. The lowest BCUT2D eigenvalue weighted by molar-refractivity contribution is 0.0941. The van der Waals surface area contributed by atoms with E-state index >= 15 is 0 Å². The molecule has 2 saturated carbocycles. The Balaban J connectivity index is 1.30. The van der Waals surface area contributed by atoms with Gasteiger partial charge in [0.2, 0.25) is 5.89 Å². The van der Waals surface area contributed by atoms with Gasteiger partial charge in [0.05, 0.1) is 18.8 Å². The lowest BCUT2D eigenvalue weighted by atomic mass is 9.89. The topological polar surface area (TPSA) is 125 Å². The van der Waals surface area contributed by atoms with Crippen molar-refractivity contribution in [2.45, 2.75) is 82.3 Å². The van der Waals surface area contributed by atoms with E-state index < -0.39 is 0 Å². The van der Waals surface area contributed by atoms with Crippen molar-refractivity contribution in [3.63, 3.8) is 0 Å². The highest BCUT2D eigenvalue weighted by Crippen LogP contribution is 2.30. The molecule has 2 aliphatic rings. The van der Waals surface area contributed by atoms with Crippen molar-refractivity contribution >= 4 is 5.91 Å². The van der Waals surface area contributed by atoms with Gasteiger partial charge in [0.15, 0.2) is 11.5 Å². The summed E-state index contributed by atoms with van der Waals surface area (Å²) in [5.41, 5.74) is 6.25. The van der Waals surface area contributed by atoms with Gasteiger partial charge in [-0.25, -0.2) is 4.68 Å². The van der Waals surface area contributed by atoms with Gasteiger partial charge in [0.1, 0.15) is 0 Å². The maximum Gasteiger partial charge on any atom is 0.273 e. The minimum atomic E-state index is -0.286. The van der Waals surface area contributed by atoms with E-state index in [2.05, 4.69) is 25.8 Å². The maximum atomic E-state index is 12.3. The number of amides is 1. The smallest absolute Gasteiger partial charge is 0.273 e. The first-order valence-corrected chi connectivity index (χ1v) is 9.97. The average Bonchev–Trinajstić information content (AvgIpc) is 3.37. The molecule has 146 valence electrons. The van der Waals surface area contributed by atoms with Crippen LogP contribution in [-0.2, 0) is 6.54 Å². The molecule has 4 rings (SSSR count). The van der Waals surface area contributed by atoms with E-state index in [1.807, 2.05) is 0 Å². The summed E-state index contributed by atoms with van der Waals surface area (Å²) in [7, 11) is 0. The maximum absolute atomic E-state index is 12.3. The van der Waals surface area contributed by atoms with Gasteiger partial charge >= 0.3 is 0 Å². The molecule has 0 bridgehead atoms. The van der Waals surface area contributed by atoms with Gasteiger partial charge in [-0.05, 0) is 38.5 Å². The lowest BCUT2D eigenvalue weighted by Gasteiger charge is -2.25. The van der Waals surface area contributed by atoms with Gasteiger partial charge in [-0.15, -0.1) is 5.10 Å². The molecule has 0 aromatic carbocycles. The molecule has 2 aromatic rings. The second-order valence-electron chi connectivity index (χ2n) is 7.72. The summed E-state index contributed by atoms with van der Waals surface area (Å²) in [4.78, 5) is 16.8. The van der Waals surface area contributed by atoms with Gasteiger partial charge < -0.3 is 15.6 Å². The Morgan fingerprint density at radius 1 is 1.19 bits per heavy atom. The molecule has 0 radical (unpaired) electrons. The summed E-state index contributed by atoms with van der Waals surface area (Å²) in [6, 6.07) is 0.549. The first-order chi connectivity index (χ1) is 13.2. The van der Waals surface area contributed by atoms with E-state index in [-0.39, 0.29) is 24.5 Å². The van der Waals surface area contributed by atoms with E-state index in [9.17, 15) is 4.79 Å². The number of nitrogens with zero attached hydrogens (tertiary/aromatic N) is 5. The van der Waals surface area contributed by atoms with Crippen LogP contribution in [0, 0.1) is 0 Å². The van der Waals surface area contributed by atoms with Crippen LogP contribution in [0.4, 0.5) is 0 Å². The molecule has 2 aliphatic carbocycles.